The average molecular weight is 869 g/mol. The van der Waals surface area contributed by atoms with Gasteiger partial charge in [0.05, 0.1) is 0 Å². The lowest BCUT2D eigenvalue weighted by Gasteiger charge is -2.42. The Bertz CT molecular complexity index is 3410. The molecule has 3 aliphatic rings. The van der Waals surface area contributed by atoms with E-state index in [2.05, 4.69) is 182 Å². The van der Waals surface area contributed by atoms with Crippen LogP contribution >= 0.6 is 0 Å². The van der Waals surface area contributed by atoms with E-state index in [0.717, 1.165) is 44.5 Å². The molecule has 0 fully saturated rings. The van der Waals surface area contributed by atoms with Crippen LogP contribution in [0.25, 0.3) is 90.6 Å². The molecule has 3 aliphatic carbocycles. The van der Waals surface area contributed by atoms with E-state index in [0.29, 0.717) is 34.9 Å². The molecule has 0 radical (unpaired) electrons. The van der Waals surface area contributed by atoms with Gasteiger partial charge in [0.1, 0.15) is 0 Å². The number of benzene rings is 9. The molecule has 2 aromatic heterocycles. The fourth-order valence-electron chi connectivity index (χ4n) is 10.1. The lowest BCUT2D eigenvalue weighted by Crippen LogP contribution is -2.27. The van der Waals surface area contributed by atoms with Gasteiger partial charge in [-0.05, 0) is 67.8 Å². The highest BCUT2D eigenvalue weighted by molar-refractivity contribution is 5.77. The molecule has 318 valence electrons. The Morgan fingerprint density at radius 2 is 0.397 bits per heavy atom. The van der Waals surface area contributed by atoms with Gasteiger partial charge in [0.25, 0.3) is 0 Å². The highest BCUT2D eigenvalue weighted by atomic mass is 15.0. The molecule has 14 rings (SSSR count). The van der Waals surface area contributed by atoms with Gasteiger partial charge >= 0.3 is 0 Å². The van der Waals surface area contributed by atoms with Crippen LogP contribution in [0.4, 0.5) is 0 Å². The van der Waals surface area contributed by atoms with Crippen LogP contribution in [0, 0.1) is 0 Å². The first-order chi connectivity index (χ1) is 33.7. The summed E-state index contributed by atoms with van der Waals surface area (Å²) in [5, 5.41) is 0. The van der Waals surface area contributed by atoms with Crippen molar-refractivity contribution in [2.24, 2.45) is 0 Å². The molecule has 2 heterocycles. The molecule has 6 nitrogen and oxygen atoms in total. The first kappa shape index (κ1) is 39.4. The maximum absolute atomic E-state index is 5.18. The summed E-state index contributed by atoms with van der Waals surface area (Å²) in [5.41, 5.74) is 18.1. The van der Waals surface area contributed by atoms with Gasteiger partial charge in [0, 0.05) is 45.2 Å². The molecule has 0 saturated carbocycles. The van der Waals surface area contributed by atoms with Gasteiger partial charge < -0.3 is 0 Å². The van der Waals surface area contributed by atoms with Gasteiger partial charge in [-0.1, -0.05) is 218 Å². The van der Waals surface area contributed by atoms with Crippen LogP contribution < -0.4 is 0 Å². The molecule has 9 aromatic carbocycles. The maximum atomic E-state index is 5.18. The van der Waals surface area contributed by atoms with Crippen molar-refractivity contribution in [2.75, 3.05) is 0 Å². The average Bonchev–Trinajstić information content (AvgIpc) is 3.43. The van der Waals surface area contributed by atoms with Crippen LogP contribution in [0.15, 0.2) is 231 Å². The van der Waals surface area contributed by atoms with Crippen LogP contribution in [0.3, 0.4) is 0 Å². The number of rotatable bonds is 8. The van der Waals surface area contributed by atoms with E-state index in [4.69, 9.17) is 29.9 Å². The standard InChI is InChI=1S/C62H40N6/c1-5-15-39(16-6-1)41-25-29-45(30-26-41)59-63-57(43-19-9-3-10-20-43)65-61(67-59)47-33-35-51-53(37-47)55-49-23-13-14-24-50(49)56(51)54-38-48(34-36-52(54)55)62-66-58(44-21-11-4-12-22-44)64-60(68-62)46-31-27-42(28-32-46)40-17-7-2-8-18-40/h1-38,55-56H. The molecule has 68 heavy (non-hydrogen) atoms. The Morgan fingerprint density at radius 3 is 0.735 bits per heavy atom. The zero-order chi connectivity index (χ0) is 45.0. The SMILES string of the molecule is c1ccc(-c2ccc(-c3nc(-c4ccccc4)nc(-c4ccc5c(c4)C4c6ccccc6C5c5cc(-c6nc(-c7ccccc7)nc(-c7ccc(-c8ccccc8)cc7)n6)ccc54)n3)cc2)cc1. The second-order valence-electron chi connectivity index (χ2n) is 17.4. The van der Waals surface area contributed by atoms with E-state index in [-0.39, 0.29) is 11.8 Å². The molecule has 0 N–H and O–H groups in total. The van der Waals surface area contributed by atoms with E-state index >= 15 is 0 Å². The van der Waals surface area contributed by atoms with Crippen LogP contribution in [0.1, 0.15) is 45.2 Å². The highest BCUT2D eigenvalue weighted by Gasteiger charge is 2.41. The molecule has 2 atom stereocenters. The molecular weight excluding hydrogens is 829 g/mol. The lowest BCUT2D eigenvalue weighted by molar-refractivity contribution is 0.754. The maximum Gasteiger partial charge on any atom is 0.164 e. The number of hydrogen-bond acceptors (Lipinski definition) is 6. The second-order valence-corrected chi connectivity index (χ2v) is 17.4. The third kappa shape index (κ3) is 6.98. The van der Waals surface area contributed by atoms with E-state index < -0.39 is 0 Å². The van der Waals surface area contributed by atoms with Gasteiger partial charge in [-0.3, -0.25) is 0 Å². The molecular formula is C62H40N6. The molecule has 11 aromatic rings. The molecule has 0 saturated heterocycles. The van der Waals surface area contributed by atoms with Crippen molar-refractivity contribution in [3.8, 4) is 90.6 Å². The van der Waals surface area contributed by atoms with E-state index in [1.54, 1.807) is 0 Å². The van der Waals surface area contributed by atoms with Gasteiger partial charge in [-0.2, -0.15) is 0 Å². The van der Waals surface area contributed by atoms with Gasteiger partial charge in [-0.15, -0.1) is 0 Å². The Hall–Kier alpha value is -9.00. The quantitative estimate of drug-likeness (QED) is 0.151. The van der Waals surface area contributed by atoms with Crippen molar-refractivity contribution in [1.82, 2.24) is 29.9 Å². The smallest absolute Gasteiger partial charge is 0.164 e. The molecule has 0 amide bonds. The Kier molecular flexibility index (Phi) is 9.53. The predicted molar refractivity (Wildman–Crippen MR) is 271 cm³/mol. The lowest BCUT2D eigenvalue weighted by atomic mass is 9.61. The summed E-state index contributed by atoms with van der Waals surface area (Å²) in [6, 6.07) is 80.7. The molecule has 2 unspecified atom stereocenters. The summed E-state index contributed by atoms with van der Waals surface area (Å²) in [7, 11) is 0. The summed E-state index contributed by atoms with van der Waals surface area (Å²) in [6.07, 6.45) is 0. The first-order valence-corrected chi connectivity index (χ1v) is 23.0. The normalized spacial score (nSPS) is 14.2. The van der Waals surface area contributed by atoms with Crippen LogP contribution in [-0.4, -0.2) is 29.9 Å². The topological polar surface area (TPSA) is 77.3 Å². The minimum Gasteiger partial charge on any atom is -0.208 e. The van der Waals surface area contributed by atoms with Crippen LogP contribution in [0.2, 0.25) is 0 Å². The largest absolute Gasteiger partial charge is 0.208 e. The molecule has 0 aliphatic heterocycles. The zero-order valence-electron chi connectivity index (χ0n) is 36.8. The zero-order valence-corrected chi connectivity index (χ0v) is 36.8. The minimum atomic E-state index is 0.0209. The van der Waals surface area contributed by atoms with Crippen molar-refractivity contribution in [3.63, 3.8) is 0 Å². The Balaban J connectivity index is 0.902. The van der Waals surface area contributed by atoms with E-state index in [1.165, 1.54) is 44.5 Å². The summed E-state index contributed by atoms with van der Waals surface area (Å²) in [4.78, 5) is 30.7. The Morgan fingerprint density at radius 1 is 0.176 bits per heavy atom. The first-order valence-electron chi connectivity index (χ1n) is 23.0. The summed E-state index contributed by atoms with van der Waals surface area (Å²) in [6.45, 7) is 0. The molecule has 0 spiro atoms. The van der Waals surface area contributed by atoms with Crippen molar-refractivity contribution in [1.29, 1.82) is 0 Å². The van der Waals surface area contributed by atoms with Crippen molar-refractivity contribution in [2.45, 2.75) is 11.8 Å². The molecule has 6 heteroatoms. The third-order valence-electron chi connectivity index (χ3n) is 13.4. The number of nitrogens with zero attached hydrogens (tertiary/aromatic N) is 6. The Labute approximate surface area is 394 Å². The van der Waals surface area contributed by atoms with Gasteiger partial charge in [-0.25, -0.2) is 29.9 Å². The summed E-state index contributed by atoms with van der Waals surface area (Å²) < 4.78 is 0. The van der Waals surface area contributed by atoms with E-state index in [9.17, 15) is 0 Å². The fraction of sp³-hybridized carbons (Fsp3) is 0.0323. The van der Waals surface area contributed by atoms with E-state index in [1.807, 2.05) is 48.5 Å². The van der Waals surface area contributed by atoms with Gasteiger partial charge in [0.15, 0.2) is 34.9 Å². The summed E-state index contributed by atoms with van der Waals surface area (Å²) >= 11 is 0. The fourth-order valence-corrected chi connectivity index (χ4v) is 10.1. The summed E-state index contributed by atoms with van der Waals surface area (Å²) in [5.74, 6) is 3.88. The van der Waals surface area contributed by atoms with Crippen LogP contribution in [-0.2, 0) is 0 Å². The number of aromatic nitrogens is 6. The molecule has 2 bridgehead atoms. The monoisotopic (exact) mass is 868 g/mol. The predicted octanol–water partition coefficient (Wildman–Crippen LogP) is 14.4. The van der Waals surface area contributed by atoms with Crippen molar-refractivity contribution >= 4 is 0 Å². The van der Waals surface area contributed by atoms with Crippen LogP contribution in [0.5, 0.6) is 0 Å². The second kappa shape index (κ2) is 16.5. The van der Waals surface area contributed by atoms with Gasteiger partial charge in [0.2, 0.25) is 0 Å². The van der Waals surface area contributed by atoms with Crippen molar-refractivity contribution < 1.29 is 0 Å². The number of hydrogen-bond donors (Lipinski definition) is 0. The highest BCUT2D eigenvalue weighted by Crippen LogP contribution is 2.56. The third-order valence-corrected chi connectivity index (χ3v) is 13.4. The minimum absolute atomic E-state index is 0.0209. The van der Waals surface area contributed by atoms with Crippen molar-refractivity contribution in [3.05, 3.63) is 264 Å².